The minimum Gasteiger partial charge on any atom is -0.492 e. The molecule has 33 heavy (non-hydrogen) atoms. The molecule has 2 rings (SSSR count). The number of ether oxygens (including phenoxy) is 3. The number of unbranched alkanes of at least 4 members (excludes halogenated alkanes) is 4. The monoisotopic (exact) mass is 463 g/mol. The Labute approximate surface area is 198 Å². The first-order valence-electron chi connectivity index (χ1n) is 12.5. The fourth-order valence-electron chi connectivity index (χ4n) is 4.05. The quantitative estimate of drug-likeness (QED) is 0.328. The van der Waals surface area contributed by atoms with Crippen LogP contribution in [0, 0.1) is 0 Å². The molecule has 0 radical (unpaired) electrons. The third kappa shape index (κ3) is 10.5. The molecule has 1 fully saturated rings. The van der Waals surface area contributed by atoms with E-state index in [0.29, 0.717) is 38.5 Å². The Morgan fingerprint density at radius 1 is 1.03 bits per heavy atom. The van der Waals surface area contributed by atoms with Crippen molar-refractivity contribution in [2.45, 2.75) is 90.3 Å². The molecule has 1 aromatic rings. The van der Waals surface area contributed by atoms with Crippen molar-refractivity contribution in [1.29, 1.82) is 0 Å². The minimum absolute atomic E-state index is 0.0554. The van der Waals surface area contributed by atoms with E-state index in [0.717, 1.165) is 44.1 Å². The number of aliphatic carboxylic acids is 1. The van der Waals surface area contributed by atoms with Crippen LogP contribution in [0.4, 0.5) is 4.79 Å². The number of carboxylic acids is 1. The molecule has 0 heterocycles. The normalized spacial score (nSPS) is 14.7. The smallest absolute Gasteiger partial charge is 0.410 e. The molecule has 0 aromatic heterocycles. The van der Waals surface area contributed by atoms with Crippen LogP contribution in [0.1, 0.15) is 77.2 Å². The van der Waals surface area contributed by atoms with Gasteiger partial charge >= 0.3 is 12.1 Å². The van der Waals surface area contributed by atoms with Gasteiger partial charge in [0.25, 0.3) is 0 Å². The summed E-state index contributed by atoms with van der Waals surface area (Å²) in [7, 11) is 0. The predicted octanol–water partition coefficient (Wildman–Crippen LogP) is 5.45. The summed E-state index contributed by atoms with van der Waals surface area (Å²) < 4.78 is 16.8. The number of carbonyl (C=O) groups is 2. The van der Waals surface area contributed by atoms with Gasteiger partial charge < -0.3 is 24.2 Å². The number of rotatable bonds is 16. The fourth-order valence-corrected chi connectivity index (χ4v) is 4.05. The highest BCUT2D eigenvalue weighted by molar-refractivity contribution is 5.72. The lowest BCUT2D eigenvalue weighted by molar-refractivity contribution is -0.149. The van der Waals surface area contributed by atoms with Crippen LogP contribution < -0.4 is 4.74 Å². The standard InChI is InChI=1S/C26H41NO6/c1-3-5-6-7-10-17-27(26(30)33-23-11-8-9-12-23)18-19-32-22-15-13-21(14-16-22)20-24(25(28)29)31-4-2/h13-16,23-24H,3-12,17-20H2,1-2H3,(H,28,29). The molecule has 1 atom stereocenters. The molecule has 1 unspecified atom stereocenters. The molecular weight excluding hydrogens is 422 g/mol. The average Bonchev–Trinajstić information content (AvgIpc) is 3.31. The minimum atomic E-state index is -0.962. The first-order valence-corrected chi connectivity index (χ1v) is 12.5. The molecule has 7 heteroatoms. The first-order chi connectivity index (χ1) is 16.0. The summed E-state index contributed by atoms with van der Waals surface area (Å²) in [5, 5.41) is 9.23. The van der Waals surface area contributed by atoms with E-state index in [1.54, 1.807) is 11.8 Å². The third-order valence-corrected chi connectivity index (χ3v) is 5.98. The zero-order valence-electron chi connectivity index (χ0n) is 20.3. The van der Waals surface area contributed by atoms with Gasteiger partial charge in [0, 0.05) is 19.6 Å². The number of hydrogen-bond donors (Lipinski definition) is 1. The average molecular weight is 464 g/mol. The van der Waals surface area contributed by atoms with Gasteiger partial charge in [-0.25, -0.2) is 9.59 Å². The van der Waals surface area contributed by atoms with Crippen LogP contribution in [0.25, 0.3) is 0 Å². The van der Waals surface area contributed by atoms with Gasteiger partial charge in [-0.15, -0.1) is 0 Å². The number of nitrogens with zero attached hydrogens (tertiary/aromatic N) is 1. The van der Waals surface area contributed by atoms with E-state index in [1.807, 2.05) is 24.3 Å². The SMILES string of the molecule is CCCCCCCN(CCOc1ccc(CC(OCC)C(=O)O)cc1)C(=O)OC1CCCC1. The second kappa shape index (κ2) is 15.5. The zero-order chi connectivity index (χ0) is 23.9. The molecule has 0 spiro atoms. The molecule has 1 N–H and O–H groups in total. The summed E-state index contributed by atoms with van der Waals surface area (Å²) in [6, 6.07) is 7.35. The van der Waals surface area contributed by atoms with Crippen LogP contribution in [-0.2, 0) is 20.7 Å². The first kappa shape index (κ1) is 27.0. The van der Waals surface area contributed by atoms with E-state index in [2.05, 4.69) is 6.92 Å². The van der Waals surface area contributed by atoms with Crippen molar-refractivity contribution in [1.82, 2.24) is 4.90 Å². The van der Waals surface area contributed by atoms with Gasteiger partial charge in [0.1, 0.15) is 18.5 Å². The molecule has 0 aliphatic heterocycles. The van der Waals surface area contributed by atoms with E-state index in [4.69, 9.17) is 14.2 Å². The van der Waals surface area contributed by atoms with Crippen LogP contribution in [-0.4, -0.2) is 60.6 Å². The van der Waals surface area contributed by atoms with Crippen molar-refractivity contribution in [2.75, 3.05) is 26.3 Å². The molecule has 1 aromatic carbocycles. The van der Waals surface area contributed by atoms with Crippen molar-refractivity contribution in [3.63, 3.8) is 0 Å². The lowest BCUT2D eigenvalue weighted by Gasteiger charge is -2.24. The van der Waals surface area contributed by atoms with Gasteiger partial charge in [-0.3, -0.25) is 0 Å². The summed E-state index contributed by atoms with van der Waals surface area (Å²) in [5.74, 6) is -0.273. The topological polar surface area (TPSA) is 85.3 Å². The number of carbonyl (C=O) groups excluding carboxylic acids is 1. The predicted molar refractivity (Wildman–Crippen MR) is 128 cm³/mol. The fraction of sp³-hybridized carbons (Fsp3) is 0.692. The maximum absolute atomic E-state index is 12.7. The second-order valence-electron chi connectivity index (χ2n) is 8.67. The largest absolute Gasteiger partial charge is 0.492 e. The molecule has 0 bridgehead atoms. The van der Waals surface area contributed by atoms with Gasteiger partial charge in [0.2, 0.25) is 0 Å². The van der Waals surface area contributed by atoms with E-state index < -0.39 is 12.1 Å². The molecule has 1 aliphatic carbocycles. The Kier molecular flexibility index (Phi) is 12.7. The lowest BCUT2D eigenvalue weighted by atomic mass is 10.1. The molecule has 186 valence electrons. The van der Waals surface area contributed by atoms with Gasteiger partial charge in [-0.2, -0.15) is 0 Å². The van der Waals surface area contributed by atoms with Crippen molar-refractivity contribution < 1.29 is 28.9 Å². The van der Waals surface area contributed by atoms with E-state index >= 15 is 0 Å². The summed E-state index contributed by atoms with van der Waals surface area (Å²) >= 11 is 0. The molecule has 7 nitrogen and oxygen atoms in total. The highest BCUT2D eigenvalue weighted by Crippen LogP contribution is 2.22. The molecular formula is C26H41NO6. The Hall–Kier alpha value is -2.28. The molecule has 0 saturated heterocycles. The molecule has 1 aliphatic rings. The summed E-state index contributed by atoms with van der Waals surface area (Å²) in [4.78, 5) is 25.7. The van der Waals surface area contributed by atoms with Gasteiger partial charge in [-0.05, 0) is 56.7 Å². The van der Waals surface area contributed by atoms with Crippen molar-refractivity contribution in [3.8, 4) is 5.75 Å². The lowest BCUT2D eigenvalue weighted by Crippen LogP contribution is -2.37. The van der Waals surface area contributed by atoms with Crippen molar-refractivity contribution in [3.05, 3.63) is 29.8 Å². The Bertz CT molecular complexity index is 687. The molecule has 1 saturated carbocycles. The molecule has 1 amide bonds. The summed E-state index contributed by atoms with van der Waals surface area (Å²) in [5.41, 5.74) is 0.872. The number of benzene rings is 1. The highest BCUT2D eigenvalue weighted by Gasteiger charge is 2.23. The van der Waals surface area contributed by atoms with Gasteiger partial charge in [0.15, 0.2) is 6.10 Å². The Balaban J connectivity index is 1.82. The van der Waals surface area contributed by atoms with E-state index in [-0.39, 0.29) is 12.2 Å². The van der Waals surface area contributed by atoms with Crippen LogP contribution >= 0.6 is 0 Å². The van der Waals surface area contributed by atoms with Gasteiger partial charge in [0.05, 0.1) is 6.54 Å². The van der Waals surface area contributed by atoms with Crippen LogP contribution in [0.15, 0.2) is 24.3 Å². The van der Waals surface area contributed by atoms with E-state index in [9.17, 15) is 14.7 Å². The number of hydrogen-bond acceptors (Lipinski definition) is 5. The number of carboxylic acid groups (broad SMARTS) is 1. The van der Waals surface area contributed by atoms with Crippen molar-refractivity contribution >= 4 is 12.1 Å². The maximum atomic E-state index is 12.7. The van der Waals surface area contributed by atoms with Crippen LogP contribution in [0.5, 0.6) is 5.75 Å². The maximum Gasteiger partial charge on any atom is 0.410 e. The zero-order valence-corrected chi connectivity index (χ0v) is 20.3. The Morgan fingerprint density at radius 2 is 1.73 bits per heavy atom. The number of amides is 1. The highest BCUT2D eigenvalue weighted by atomic mass is 16.6. The van der Waals surface area contributed by atoms with Gasteiger partial charge in [-0.1, -0.05) is 44.7 Å². The summed E-state index contributed by atoms with van der Waals surface area (Å²) in [6.45, 7) is 5.88. The van der Waals surface area contributed by atoms with E-state index in [1.165, 1.54) is 19.3 Å². The second-order valence-corrected chi connectivity index (χ2v) is 8.67. The van der Waals surface area contributed by atoms with Crippen LogP contribution in [0.2, 0.25) is 0 Å². The summed E-state index contributed by atoms with van der Waals surface area (Å²) in [6.07, 6.45) is 9.17. The van der Waals surface area contributed by atoms with Crippen molar-refractivity contribution in [2.24, 2.45) is 0 Å². The Morgan fingerprint density at radius 3 is 2.36 bits per heavy atom. The third-order valence-electron chi connectivity index (χ3n) is 5.98. The van der Waals surface area contributed by atoms with Crippen LogP contribution in [0.3, 0.4) is 0 Å².